The van der Waals surface area contributed by atoms with E-state index in [1.54, 1.807) is 6.92 Å². The van der Waals surface area contributed by atoms with Gasteiger partial charge in [-0.25, -0.2) is 0 Å². The highest BCUT2D eigenvalue weighted by Gasteiger charge is 2.24. The van der Waals surface area contributed by atoms with E-state index in [4.69, 9.17) is 0 Å². The molecule has 98 valence electrons. The highest BCUT2D eigenvalue weighted by Crippen LogP contribution is 2.28. The fourth-order valence-corrected chi connectivity index (χ4v) is 2.47. The minimum absolute atomic E-state index is 0.0745. The van der Waals surface area contributed by atoms with Crippen molar-refractivity contribution in [1.82, 2.24) is 15.5 Å². The number of nitrogens with zero attached hydrogens (tertiary/aromatic N) is 1. The Morgan fingerprint density at radius 1 is 1.35 bits per heavy atom. The van der Waals surface area contributed by atoms with Crippen molar-refractivity contribution in [2.24, 2.45) is 5.92 Å². The van der Waals surface area contributed by atoms with E-state index >= 15 is 0 Å². The van der Waals surface area contributed by atoms with Gasteiger partial charge in [0.05, 0.1) is 0 Å². The molecule has 2 rings (SSSR count). The Hall–Kier alpha value is -0.610. The van der Waals surface area contributed by atoms with Crippen LogP contribution in [-0.4, -0.2) is 49.6 Å². The molecular weight excluding hydrogens is 214 g/mol. The Balaban J connectivity index is 1.59. The molecule has 1 atom stereocenters. The first kappa shape index (κ1) is 12.8. The maximum absolute atomic E-state index is 10.8. The van der Waals surface area contributed by atoms with Crippen molar-refractivity contribution >= 4 is 5.91 Å². The second-order valence-electron chi connectivity index (χ2n) is 5.47. The largest absolute Gasteiger partial charge is 0.355 e. The molecule has 0 bridgehead atoms. The SMILES string of the molecule is CC(=O)NCCN1CCCC(NCC2CC2)C1. The Bertz CT molecular complexity index is 253. The Kier molecular flexibility index (Phi) is 4.80. The van der Waals surface area contributed by atoms with Gasteiger partial charge in [0.15, 0.2) is 0 Å². The van der Waals surface area contributed by atoms with Crippen LogP contribution in [-0.2, 0) is 4.79 Å². The van der Waals surface area contributed by atoms with Crippen LogP contribution in [0.4, 0.5) is 0 Å². The number of carbonyl (C=O) groups is 1. The molecule has 0 aromatic carbocycles. The number of amides is 1. The molecule has 17 heavy (non-hydrogen) atoms. The Labute approximate surface area is 104 Å². The minimum atomic E-state index is 0.0745. The summed E-state index contributed by atoms with van der Waals surface area (Å²) < 4.78 is 0. The van der Waals surface area contributed by atoms with Gasteiger partial charge in [-0.15, -0.1) is 0 Å². The molecule has 1 unspecified atom stereocenters. The molecule has 1 saturated heterocycles. The Morgan fingerprint density at radius 3 is 2.88 bits per heavy atom. The fraction of sp³-hybridized carbons (Fsp3) is 0.923. The molecule has 2 aliphatic rings. The van der Waals surface area contributed by atoms with Gasteiger partial charge in [0, 0.05) is 32.6 Å². The molecular formula is C13H25N3O. The smallest absolute Gasteiger partial charge is 0.216 e. The second-order valence-corrected chi connectivity index (χ2v) is 5.47. The third-order valence-corrected chi connectivity index (χ3v) is 3.70. The van der Waals surface area contributed by atoms with E-state index < -0.39 is 0 Å². The maximum atomic E-state index is 10.8. The van der Waals surface area contributed by atoms with E-state index in [-0.39, 0.29) is 5.91 Å². The van der Waals surface area contributed by atoms with Crippen molar-refractivity contribution in [3.8, 4) is 0 Å². The van der Waals surface area contributed by atoms with E-state index in [1.165, 1.54) is 38.8 Å². The Morgan fingerprint density at radius 2 is 2.18 bits per heavy atom. The van der Waals surface area contributed by atoms with Crippen LogP contribution in [0.15, 0.2) is 0 Å². The summed E-state index contributed by atoms with van der Waals surface area (Å²) in [6.45, 7) is 6.89. The van der Waals surface area contributed by atoms with E-state index in [1.807, 2.05) is 0 Å². The number of likely N-dealkylation sites (tertiary alicyclic amines) is 1. The number of piperidine rings is 1. The first-order valence-corrected chi connectivity index (χ1v) is 6.94. The van der Waals surface area contributed by atoms with E-state index in [9.17, 15) is 4.79 Å². The van der Waals surface area contributed by atoms with Crippen LogP contribution in [0.1, 0.15) is 32.6 Å². The summed E-state index contributed by atoms with van der Waals surface area (Å²) in [5, 5.41) is 6.55. The van der Waals surface area contributed by atoms with Gasteiger partial charge in [0.25, 0.3) is 0 Å². The fourth-order valence-electron chi connectivity index (χ4n) is 2.47. The molecule has 1 aliphatic carbocycles. The van der Waals surface area contributed by atoms with Gasteiger partial charge in [0.1, 0.15) is 0 Å². The summed E-state index contributed by atoms with van der Waals surface area (Å²) in [5.74, 6) is 1.04. The summed E-state index contributed by atoms with van der Waals surface area (Å²) in [6.07, 6.45) is 5.43. The lowest BCUT2D eigenvalue weighted by atomic mass is 10.1. The van der Waals surface area contributed by atoms with Crippen molar-refractivity contribution in [3.63, 3.8) is 0 Å². The highest BCUT2D eigenvalue weighted by molar-refractivity contribution is 5.72. The molecule has 1 amide bonds. The summed E-state index contributed by atoms with van der Waals surface area (Å²) >= 11 is 0. The maximum Gasteiger partial charge on any atom is 0.216 e. The molecule has 0 radical (unpaired) electrons. The number of carbonyl (C=O) groups excluding carboxylic acids is 1. The first-order chi connectivity index (χ1) is 8.24. The molecule has 4 heteroatoms. The van der Waals surface area contributed by atoms with Crippen LogP contribution < -0.4 is 10.6 Å². The van der Waals surface area contributed by atoms with Gasteiger partial charge in [-0.3, -0.25) is 4.79 Å². The van der Waals surface area contributed by atoms with Gasteiger partial charge in [0.2, 0.25) is 5.91 Å². The van der Waals surface area contributed by atoms with Crippen molar-refractivity contribution < 1.29 is 4.79 Å². The number of nitrogens with one attached hydrogen (secondary N) is 2. The first-order valence-electron chi connectivity index (χ1n) is 6.94. The summed E-state index contributed by atoms with van der Waals surface area (Å²) in [4.78, 5) is 13.3. The average molecular weight is 239 g/mol. The van der Waals surface area contributed by atoms with E-state index in [2.05, 4.69) is 15.5 Å². The predicted octanol–water partition coefficient (Wildman–Crippen LogP) is 0.587. The monoisotopic (exact) mass is 239 g/mol. The summed E-state index contributed by atoms with van der Waals surface area (Å²) in [7, 11) is 0. The molecule has 1 aliphatic heterocycles. The molecule has 0 aromatic rings. The second kappa shape index (κ2) is 6.36. The van der Waals surface area contributed by atoms with Crippen LogP contribution in [0.5, 0.6) is 0 Å². The number of hydrogen-bond acceptors (Lipinski definition) is 3. The van der Waals surface area contributed by atoms with Gasteiger partial charge >= 0.3 is 0 Å². The van der Waals surface area contributed by atoms with Crippen molar-refractivity contribution in [1.29, 1.82) is 0 Å². The van der Waals surface area contributed by atoms with Gasteiger partial charge < -0.3 is 15.5 Å². The molecule has 0 spiro atoms. The standard InChI is InChI=1S/C13H25N3O/c1-11(17)14-6-8-16-7-2-3-13(10-16)15-9-12-4-5-12/h12-13,15H,2-10H2,1H3,(H,14,17). The minimum Gasteiger partial charge on any atom is -0.355 e. The van der Waals surface area contributed by atoms with Crippen molar-refractivity contribution in [2.75, 3.05) is 32.7 Å². The lowest BCUT2D eigenvalue weighted by molar-refractivity contribution is -0.119. The third kappa shape index (κ3) is 5.04. The highest BCUT2D eigenvalue weighted by atomic mass is 16.1. The van der Waals surface area contributed by atoms with Crippen LogP contribution in [0, 0.1) is 5.92 Å². The zero-order chi connectivity index (χ0) is 12.1. The summed E-state index contributed by atoms with van der Waals surface area (Å²) in [6, 6.07) is 0.668. The lowest BCUT2D eigenvalue weighted by Crippen LogP contribution is -2.48. The van der Waals surface area contributed by atoms with Crippen LogP contribution >= 0.6 is 0 Å². The normalized spacial score (nSPS) is 25.8. The molecule has 1 saturated carbocycles. The lowest BCUT2D eigenvalue weighted by Gasteiger charge is -2.33. The van der Waals surface area contributed by atoms with Gasteiger partial charge in [-0.05, 0) is 44.7 Å². The van der Waals surface area contributed by atoms with Crippen LogP contribution in [0.3, 0.4) is 0 Å². The summed E-state index contributed by atoms with van der Waals surface area (Å²) in [5.41, 5.74) is 0. The third-order valence-electron chi connectivity index (χ3n) is 3.70. The average Bonchev–Trinajstić information content (AvgIpc) is 3.10. The molecule has 4 nitrogen and oxygen atoms in total. The molecule has 0 aromatic heterocycles. The quantitative estimate of drug-likeness (QED) is 0.713. The topological polar surface area (TPSA) is 44.4 Å². The van der Waals surface area contributed by atoms with Crippen LogP contribution in [0.2, 0.25) is 0 Å². The molecule has 2 fully saturated rings. The zero-order valence-corrected chi connectivity index (χ0v) is 10.9. The van der Waals surface area contributed by atoms with Gasteiger partial charge in [-0.2, -0.15) is 0 Å². The molecule has 2 N–H and O–H groups in total. The number of hydrogen-bond donors (Lipinski definition) is 2. The molecule has 1 heterocycles. The van der Waals surface area contributed by atoms with E-state index in [0.717, 1.165) is 25.6 Å². The van der Waals surface area contributed by atoms with E-state index in [0.29, 0.717) is 6.04 Å². The number of rotatable bonds is 6. The zero-order valence-electron chi connectivity index (χ0n) is 10.9. The predicted molar refractivity (Wildman–Crippen MR) is 68.9 cm³/mol. The van der Waals surface area contributed by atoms with Crippen molar-refractivity contribution in [3.05, 3.63) is 0 Å². The van der Waals surface area contributed by atoms with Crippen LogP contribution in [0.25, 0.3) is 0 Å². The van der Waals surface area contributed by atoms with Gasteiger partial charge in [-0.1, -0.05) is 0 Å². The van der Waals surface area contributed by atoms with Crippen molar-refractivity contribution in [2.45, 2.75) is 38.6 Å².